The van der Waals surface area contributed by atoms with Gasteiger partial charge in [0.1, 0.15) is 11.6 Å². The number of ether oxygens (including phenoxy) is 3. The summed E-state index contributed by atoms with van der Waals surface area (Å²) >= 11 is 0. The second-order valence-corrected chi connectivity index (χ2v) is 5.75. The summed E-state index contributed by atoms with van der Waals surface area (Å²) in [6.07, 6.45) is -3.03. The first-order valence-corrected chi connectivity index (χ1v) is 7.12. The largest absolute Gasteiger partial charge is 0.467 e. The van der Waals surface area contributed by atoms with Gasteiger partial charge in [-0.05, 0) is 27.2 Å². The maximum absolute atomic E-state index is 11.7. The van der Waals surface area contributed by atoms with E-state index < -0.39 is 41.8 Å². The topological polar surface area (TPSA) is 140 Å². The first-order valence-electron chi connectivity index (χ1n) is 7.12. The molecule has 0 spiro atoms. The predicted octanol–water partition coefficient (Wildman–Crippen LogP) is -0.559. The van der Waals surface area contributed by atoms with Crippen molar-refractivity contribution in [2.45, 2.75) is 51.5 Å². The molecule has 0 radical (unpaired) electrons. The molecule has 1 unspecified atom stereocenters. The van der Waals surface area contributed by atoms with Crippen LogP contribution >= 0.6 is 0 Å². The van der Waals surface area contributed by atoms with E-state index in [1.165, 1.54) is 0 Å². The maximum Gasteiger partial charge on any atom is 0.408 e. The molecule has 10 nitrogen and oxygen atoms in total. The molecule has 0 heterocycles. The lowest BCUT2D eigenvalue weighted by atomic mass is 10.1. The van der Waals surface area contributed by atoms with E-state index in [2.05, 4.69) is 14.8 Å². The fraction of sp³-hybridized carbons (Fsp3) is 0.714. The van der Waals surface area contributed by atoms with Gasteiger partial charge in [-0.25, -0.2) is 14.4 Å². The van der Waals surface area contributed by atoms with E-state index in [0.717, 1.165) is 14.2 Å². The molecule has 0 aliphatic heterocycles. The third-order valence-electron chi connectivity index (χ3n) is 2.56. The van der Waals surface area contributed by atoms with Gasteiger partial charge in [-0.3, -0.25) is 4.79 Å². The van der Waals surface area contributed by atoms with E-state index in [4.69, 9.17) is 4.74 Å². The van der Waals surface area contributed by atoms with Crippen molar-refractivity contribution in [2.24, 2.45) is 0 Å². The molecule has 0 bridgehead atoms. The Balaban J connectivity index is 4.59. The number of rotatable bonds is 7. The molecular formula is C14H24N2O8. The number of aliphatic hydroxyl groups is 1. The van der Waals surface area contributed by atoms with Crippen molar-refractivity contribution in [3.05, 3.63) is 0 Å². The third-order valence-corrected chi connectivity index (χ3v) is 2.56. The molecule has 2 atom stereocenters. The van der Waals surface area contributed by atoms with Crippen LogP contribution in [-0.2, 0) is 28.6 Å². The smallest absolute Gasteiger partial charge is 0.408 e. The second kappa shape index (κ2) is 9.71. The fourth-order valence-electron chi connectivity index (χ4n) is 1.51. The average molecular weight is 348 g/mol. The summed E-state index contributed by atoms with van der Waals surface area (Å²) in [4.78, 5) is 46.0. The van der Waals surface area contributed by atoms with Gasteiger partial charge >= 0.3 is 18.0 Å². The molecular weight excluding hydrogens is 324 g/mol. The lowest BCUT2D eigenvalue weighted by molar-refractivity contribution is -0.154. The van der Waals surface area contributed by atoms with E-state index in [9.17, 15) is 24.3 Å². The molecule has 0 aliphatic rings. The highest BCUT2D eigenvalue weighted by Crippen LogP contribution is 2.08. The van der Waals surface area contributed by atoms with Gasteiger partial charge in [0.05, 0.1) is 14.2 Å². The Morgan fingerprint density at radius 3 is 2.00 bits per heavy atom. The molecule has 0 fully saturated rings. The molecule has 0 rings (SSSR count). The normalized spacial score (nSPS) is 13.2. The highest BCUT2D eigenvalue weighted by molar-refractivity contribution is 5.85. The van der Waals surface area contributed by atoms with Crippen LogP contribution < -0.4 is 10.6 Å². The zero-order valence-electron chi connectivity index (χ0n) is 14.4. The van der Waals surface area contributed by atoms with Crippen LogP contribution in [0.3, 0.4) is 0 Å². The van der Waals surface area contributed by atoms with Crippen LogP contribution in [0.5, 0.6) is 0 Å². The monoisotopic (exact) mass is 348 g/mol. The van der Waals surface area contributed by atoms with Crippen molar-refractivity contribution in [3.8, 4) is 0 Å². The Labute approximate surface area is 139 Å². The quantitative estimate of drug-likeness (QED) is 0.316. The summed E-state index contributed by atoms with van der Waals surface area (Å²) in [5.74, 6) is -2.50. The van der Waals surface area contributed by atoms with Crippen molar-refractivity contribution in [3.63, 3.8) is 0 Å². The van der Waals surface area contributed by atoms with Gasteiger partial charge in [0, 0.05) is 6.42 Å². The summed E-state index contributed by atoms with van der Waals surface area (Å²) < 4.78 is 13.8. The van der Waals surface area contributed by atoms with Crippen LogP contribution in [0.1, 0.15) is 33.6 Å². The number of amides is 2. The van der Waals surface area contributed by atoms with Gasteiger partial charge in [-0.1, -0.05) is 0 Å². The Kier molecular flexibility index (Phi) is 8.75. The highest BCUT2D eigenvalue weighted by atomic mass is 16.6. The van der Waals surface area contributed by atoms with E-state index >= 15 is 0 Å². The Bertz CT molecular complexity index is 472. The van der Waals surface area contributed by atoms with Gasteiger partial charge in [-0.15, -0.1) is 0 Å². The van der Waals surface area contributed by atoms with Crippen molar-refractivity contribution >= 4 is 23.9 Å². The lowest BCUT2D eigenvalue weighted by Gasteiger charge is -2.22. The van der Waals surface area contributed by atoms with Gasteiger partial charge < -0.3 is 30.0 Å². The number of esters is 2. The van der Waals surface area contributed by atoms with Crippen molar-refractivity contribution in [1.29, 1.82) is 0 Å². The third kappa shape index (κ3) is 8.93. The van der Waals surface area contributed by atoms with Crippen LogP contribution in [0.4, 0.5) is 4.79 Å². The van der Waals surface area contributed by atoms with Crippen molar-refractivity contribution < 1.29 is 38.5 Å². The average Bonchev–Trinajstić information content (AvgIpc) is 2.47. The zero-order valence-corrected chi connectivity index (χ0v) is 14.4. The highest BCUT2D eigenvalue weighted by Gasteiger charge is 2.26. The Morgan fingerprint density at radius 2 is 1.54 bits per heavy atom. The van der Waals surface area contributed by atoms with Gasteiger partial charge in [0.2, 0.25) is 12.1 Å². The molecule has 24 heavy (non-hydrogen) atoms. The first-order chi connectivity index (χ1) is 11.0. The lowest BCUT2D eigenvalue weighted by Crippen LogP contribution is -2.45. The van der Waals surface area contributed by atoms with E-state index in [1.807, 2.05) is 5.32 Å². The molecule has 0 saturated heterocycles. The van der Waals surface area contributed by atoms with Crippen LogP contribution in [-0.4, -0.2) is 61.1 Å². The molecule has 10 heteroatoms. The van der Waals surface area contributed by atoms with Crippen LogP contribution in [0.25, 0.3) is 0 Å². The molecule has 0 aromatic carbocycles. The van der Waals surface area contributed by atoms with Gasteiger partial charge in [0.15, 0.2) is 0 Å². The summed E-state index contributed by atoms with van der Waals surface area (Å²) in [5, 5.41) is 13.6. The summed E-state index contributed by atoms with van der Waals surface area (Å²) in [5.41, 5.74) is -0.757. The zero-order chi connectivity index (χ0) is 18.9. The van der Waals surface area contributed by atoms with Crippen molar-refractivity contribution in [1.82, 2.24) is 10.6 Å². The molecule has 138 valence electrons. The van der Waals surface area contributed by atoms with E-state index in [-0.39, 0.29) is 12.8 Å². The minimum Gasteiger partial charge on any atom is -0.467 e. The van der Waals surface area contributed by atoms with Gasteiger partial charge in [0.25, 0.3) is 0 Å². The standard InChI is InChI=1S/C14H24N2O8/c1-14(2,3)24-13(21)15-8(11(19)22-4)6-7-9(17)16-10(18)12(20)23-5/h8,10,18H,6-7H2,1-5H3,(H,15,21)(H,16,17)/t8-,10?/m0/s1. The minimum atomic E-state index is -1.81. The number of hydrogen-bond acceptors (Lipinski definition) is 8. The van der Waals surface area contributed by atoms with Gasteiger partial charge in [-0.2, -0.15) is 0 Å². The molecule has 2 amide bonds. The summed E-state index contributed by atoms with van der Waals surface area (Å²) in [6.45, 7) is 4.96. The first kappa shape index (κ1) is 21.6. The number of aliphatic hydroxyl groups excluding tert-OH is 1. The predicted molar refractivity (Wildman–Crippen MR) is 80.6 cm³/mol. The number of carbonyl (C=O) groups is 4. The molecule has 0 aromatic rings. The Hall–Kier alpha value is -2.36. The van der Waals surface area contributed by atoms with E-state index in [0.29, 0.717) is 0 Å². The summed E-state index contributed by atoms with van der Waals surface area (Å²) in [6, 6.07) is -1.12. The Morgan fingerprint density at radius 1 is 1.00 bits per heavy atom. The number of carbonyl (C=O) groups excluding carboxylic acids is 4. The van der Waals surface area contributed by atoms with Crippen LogP contribution in [0.15, 0.2) is 0 Å². The van der Waals surface area contributed by atoms with Crippen LogP contribution in [0.2, 0.25) is 0 Å². The maximum atomic E-state index is 11.7. The van der Waals surface area contributed by atoms with Crippen LogP contribution in [0, 0.1) is 0 Å². The number of hydrogen-bond donors (Lipinski definition) is 3. The van der Waals surface area contributed by atoms with Crippen molar-refractivity contribution in [2.75, 3.05) is 14.2 Å². The number of alkyl carbamates (subject to hydrolysis) is 1. The van der Waals surface area contributed by atoms with E-state index in [1.54, 1.807) is 20.8 Å². The molecule has 0 aromatic heterocycles. The number of methoxy groups -OCH3 is 2. The second-order valence-electron chi connectivity index (χ2n) is 5.75. The number of nitrogens with one attached hydrogen (secondary N) is 2. The summed E-state index contributed by atoms with van der Waals surface area (Å²) in [7, 11) is 2.18. The SMILES string of the molecule is COC(=O)C(O)NC(=O)CC[C@H](NC(=O)OC(C)(C)C)C(=O)OC. The molecule has 0 saturated carbocycles. The molecule has 0 aliphatic carbocycles. The molecule has 3 N–H and O–H groups in total. The minimum absolute atomic E-state index is 0.119. The fourth-order valence-corrected chi connectivity index (χ4v) is 1.51.